The minimum Gasteiger partial charge on any atom is -0.352 e. The first-order valence-corrected chi connectivity index (χ1v) is 8.34. The molecule has 0 saturated heterocycles. The summed E-state index contributed by atoms with van der Waals surface area (Å²) in [6.07, 6.45) is 2.83. The van der Waals surface area contributed by atoms with Crippen molar-refractivity contribution in [2.75, 3.05) is 6.26 Å². The van der Waals surface area contributed by atoms with Gasteiger partial charge in [0.15, 0.2) is 9.84 Å². The lowest BCUT2D eigenvalue weighted by molar-refractivity contribution is -0.125. The molecule has 1 aromatic rings. The number of rotatable bonds is 6. The first-order valence-electron chi connectivity index (χ1n) is 6.45. The van der Waals surface area contributed by atoms with Crippen LogP contribution in [0.5, 0.6) is 0 Å². The number of sulfone groups is 1. The van der Waals surface area contributed by atoms with Crippen molar-refractivity contribution in [2.45, 2.75) is 38.1 Å². The van der Waals surface area contributed by atoms with Crippen molar-refractivity contribution in [3.8, 4) is 0 Å². The van der Waals surface area contributed by atoms with E-state index >= 15 is 0 Å². The maximum absolute atomic E-state index is 11.8. The molecule has 0 saturated carbocycles. The number of hydrogen-bond acceptors (Lipinski definition) is 3. The van der Waals surface area contributed by atoms with Crippen molar-refractivity contribution in [3.63, 3.8) is 0 Å². The van der Waals surface area contributed by atoms with Gasteiger partial charge in [-0.1, -0.05) is 26.0 Å². The fourth-order valence-electron chi connectivity index (χ4n) is 1.85. The predicted octanol–water partition coefficient (Wildman–Crippen LogP) is 2.14. The van der Waals surface area contributed by atoms with Gasteiger partial charge in [-0.3, -0.25) is 4.79 Å². The summed E-state index contributed by atoms with van der Waals surface area (Å²) in [6.45, 7) is 4.42. The standard InChI is InChI=1S/C14H21NO3S/c1-4-12(5-2)14(16)15-10-11-6-8-13(9-7-11)19(3,17)18/h6-9,12H,4-5,10H2,1-3H3,(H,15,16). The van der Waals surface area contributed by atoms with E-state index in [4.69, 9.17) is 0 Å². The van der Waals surface area contributed by atoms with Crippen LogP contribution in [0.3, 0.4) is 0 Å². The Morgan fingerprint density at radius 3 is 2.11 bits per heavy atom. The van der Waals surface area contributed by atoms with Gasteiger partial charge >= 0.3 is 0 Å². The van der Waals surface area contributed by atoms with Crippen molar-refractivity contribution in [3.05, 3.63) is 29.8 Å². The molecule has 0 spiro atoms. The van der Waals surface area contributed by atoms with E-state index in [1.807, 2.05) is 13.8 Å². The van der Waals surface area contributed by atoms with E-state index in [0.717, 1.165) is 18.4 Å². The molecule has 1 aromatic carbocycles. The van der Waals surface area contributed by atoms with Crippen molar-refractivity contribution < 1.29 is 13.2 Å². The molecule has 0 atom stereocenters. The Bertz CT molecular complexity index is 516. The number of benzene rings is 1. The topological polar surface area (TPSA) is 63.2 Å². The van der Waals surface area contributed by atoms with Gasteiger partial charge in [0, 0.05) is 18.7 Å². The zero-order valence-electron chi connectivity index (χ0n) is 11.6. The van der Waals surface area contributed by atoms with Crippen LogP contribution in [0, 0.1) is 5.92 Å². The lowest BCUT2D eigenvalue weighted by Gasteiger charge is -2.12. The van der Waals surface area contributed by atoms with E-state index in [0.29, 0.717) is 11.4 Å². The van der Waals surface area contributed by atoms with Crippen LogP contribution in [-0.4, -0.2) is 20.6 Å². The summed E-state index contributed by atoms with van der Waals surface area (Å²) in [5, 5.41) is 2.87. The van der Waals surface area contributed by atoms with Gasteiger partial charge in [-0.05, 0) is 30.5 Å². The molecule has 4 nitrogen and oxygen atoms in total. The molecule has 106 valence electrons. The Kier molecular flexibility index (Phi) is 5.54. The third kappa shape index (κ3) is 4.67. The van der Waals surface area contributed by atoms with Gasteiger partial charge in [-0.15, -0.1) is 0 Å². The van der Waals surface area contributed by atoms with Crippen molar-refractivity contribution in [1.82, 2.24) is 5.32 Å². The Hall–Kier alpha value is -1.36. The minimum atomic E-state index is -3.16. The third-order valence-corrected chi connectivity index (χ3v) is 4.30. The third-order valence-electron chi connectivity index (χ3n) is 3.17. The van der Waals surface area contributed by atoms with Crippen molar-refractivity contribution in [2.24, 2.45) is 5.92 Å². The molecule has 1 amide bonds. The highest BCUT2D eigenvalue weighted by atomic mass is 32.2. The van der Waals surface area contributed by atoms with E-state index < -0.39 is 9.84 Å². The molecule has 19 heavy (non-hydrogen) atoms. The second-order valence-electron chi connectivity index (χ2n) is 4.65. The van der Waals surface area contributed by atoms with Crippen LogP contribution < -0.4 is 5.32 Å². The zero-order valence-corrected chi connectivity index (χ0v) is 12.5. The molecular formula is C14H21NO3S. The zero-order chi connectivity index (χ0) is 14.5. The van der Waals surface area contributed by atoms with E-state index in [9.17, 15) is 13.2 Å². The Balaban J connectivity index is 2.62. The highest BCUT2D eigenvalue weighted by Gasteiger charge is 2.13. The Morgan fingerprint density at radius 1 is 1.16 bits per heavy atom. The summed E-state index contributed by atoms with van der Waals surface area (Å²) >= 11 is 0. The molecule has 0 heterocycles. The monoisotopic (exact) mass is 283 g/mol. The molecule has 1 rings (SSSR count). The largest absolute Gasteiger partial charge is 0.352 e. The lowest BCUT2D eigenvalue weighted by atomic mass is 10.0. The van der Waals surface area contributed by atoms with Crippen LogP contribution in [0.4, 0.5) is 0 Å². The summed E-state index contributed by atoms with van der Waals surface area (Å²) < 4.78 is 22.6. The van der Waals surface area contributed by atoms with E-state index in [1.54, 1.807) is 24.3 Å². The Morgan fingerprint density at radius 2 is 1.68 bits per heavy atom. The second kappa shape index (κ2) is 6.70. The number of carbonyl (C=O) groups excluding carboxylic acids is 1. The molecule has 1 N–H and O–H groups in total. The van der Waals surface area contributed by atoms with E-state index in [2.05, 4.69) is 5.32 Å². The molecular weight excluding hydrogens is 262 g/mol. The normalized spacial score (nSPS) is 11.6. The second-order valence-corrected chi connectivity index (χ2v) is 6.66. The number of carbonyl (C=O) groups is 1. The molecule has 0 aliphatic carbocycles. The number of hydrogen-bond donors (Lipinski definition) is 1. The highest BCUT2D eigenvalue weighted by molar-refractivity contribution is 7.90. The molecule has 0 aromatic heterocycles. The quantitative estimate of drug-likeness (QED) is 0.870. The van der Waals surface area contributed by atoms with Gasteiger partial charge < -0.3 is 5.32 Å². The smallest absolute Gasteiger partial charge is 0.223 e. The van der Waals surface area contributed by atoms with Gasteiger partial charge in [-0.25, -0.2) is 8.42 Å². The van der Waals surface area contributed by atoms with Crippen LogP contribution in [0.2, 0.25) is 0 Å². The first-order chi connectivity index (χ1) is 8.88. The van der Waals surface area contributed by atoms with Crippen LogP contribution >= 0.6 is 0 Å². The fraction of sp³-hybridized carbons (Fsp3) is 0.500. The molecule has 0 fully saturated rings. The summed E-state index contributed by atoms with van der Waals surface area (Å²) in [4.78, 5) is 12.1. The lowest BCUT2D eigenvalue weighted by Crippen LogP contribution is -2.29. The van der Waals surface area contributed by atoms with Gasteiger partial charge in [0.2, 0.25) is 5.91 Å². The molecule has 0 radical (unpaired) electrons. The van der Waals surface area contributed by atoms with Crippen LogP contribution in [-0.2, 0) is 21.2 Å². The maximum Gasteiger partial charge on any atom is 0.223 e. The summed E-state index contributed by atoms with van der Waals surface area (Å²) in [5.74, 6) is 0.104. The van der Waals surface area contributed by atoms with Crippen molar-refractivity contribution >= 4 is 15.7 Å². The van der Waals surface area contributed by atoms with Gasteiger partial charge in [0.1, 0.15) is 0 Å². The maximum atomic E-state index is 11.8. The van der Waals surface area contributed by atoms with Crippen molar-refractivity contribution in [1.29, 1.82) is 0 Å². The number of amides is 1. The number of nitrogens with one attached hydrogen (secondary N) is 1. The molecule has 0 aliphatic rings. The molecule has 0 unspecified atom stereocenters. The Labute approximate surface area is 115 Å². The summed E-state index contributed by atoms with van der Waals surface area (Å²) in [7, 11) is -3.16. The van der Waals surface area contributed by atoms with Crippen LogP contribution in [0.1, 0.15) is 32.3 Å². The average Bonchev–Trinajstić information content (AvgIpc) is 2.37. The fourth-order valence-corrected chi connectivity index (χ4v) is 2.48. The predicted molar refractivity (Wildman–Crippen MR) is 75.5 cm³/mol. The molecule has 5 heteroatoms. The summed E-state index contributed by atoms with van der Waals surface area (Å²) in [6, 6.07) is 6.58. The molecule has 0 aliphatic heterocycles. The SMILES string of the molecule is CCC(CC)C(=O)NCc1ccc(S(C)(=O)=O)cc1. The van der Waals surface area contributed by atoms with Crippen LogP contribution in [0.15, 0.2) is 29.2 Å². The first kappa shape index (κ1) is 15.7. The highest BCUT2D eigenvalue weighted by Crippen LogP contribution is 2.11. The van der Waals surface area contributed by atoms with E-state index in [-0.39, 0.29) is 11.8 Å². The van der Waals surface area contributed by atoms with Crippen LogP contribution in [0.25, 0.3) is 0 Å². The molecule has 0 bridgehead atoms. The minimum absolute atomic E-state index is 0.0512. The van der Waals surface area contributed by atoms with Gasteiger partial charge in [-0.2, -0.15) is 0 Å². The van der Waals surface area contributed by atoms with Gasteiger partial charge in [0.05, 0.1) is 4.90 Å². The van der Waals surface area contributed by atoms with E-state index in [1.165, 1.54) is 6.26 Å². The van der Waals surface area contributed by atoms with Gasteiger partial charge in [0.25, 0.3) is 0 Å². The average molecular weight is 283 g/mol. The summed E-state index contributed by atoms with van der Waals surface area (Å²) in [5.41, 5.74) is 0.895.